The highest BCUT2D eigenvalue weighted by Gasteiger charge is 2.37. The minimum atomic E-state index is 0.192. The fourth-order valence-corrected chi connectivity index (χ4v) is 3.39. The summed E-state index contributed by atoms with van der Waals surface area (Å²) >= 11 is 0. The van der Waals surface area contributed by atoms with Crippen molar-refractivity contribution >= 4 is 0 Å². The molecule has 0 bridgehead atoms. The van der Waals surface area contributed by atoms with Crippen LogP contribution in [0.3, 0.4) is 0 Å². The molecule has 1 heteroatoms. The fourth-order valence-electron chi connectivity index (χ4n) is 3.39. The lowest BCUT2D eigenvalue weighted by Crippen LogP contribution is -2.33. The average molecular weight is 304 g/mol. The third-order valence-corrected chi connectivity index (χ3v) is 5.08. The number of hydrogen-bond acceptors (Lipinski definition) is 1. The fraction of sp³-hybridized carbons (Fsp3) is 0.364. The highest BCUT2D eigenvalue weighted by Crippen LogP contribution is 2.46. The molecule has 1 nitrogen and oxygen atoms in total. The molecule has 0 heterocycles. The zero-order valence-electron chi connectivity index (χ0n) is 14.4. The zero-order chi connectivity index (χ0) is 16.7. The van der Waals surface area contributed by atoms with Crippen molar-refractivity contribution in [1.29, 1.82) is 0 Å². The van der Waals surface area contributed by atoms with E-state index in [0.717, 1.165) is 17.1 Å². The Morgan fingerprint density at radius 1 is 0.826 bits per heavy atom. The van der Waals surface area contributed by atoms with Crippen molar-refractivity contribution in [2.45, 2.75) is 51.4 Å². The number of fused-ring (bicyclic) bond motifs is 1. The monoisotopic (exact) mass is 304 g/mol. The van der Waals surface area contributed by atoms with Gasteiger partial charge in [-0.15, -0.1) is 6.42 Å². The van der Waals surface area contributed by atoms with Gasteiger partial charge in [0.25, 0.3) is 0 Å². The summed E-state index contributed by atoms with van der Waals surface area (Å²) in [5.41, 5.74) is 4.15. The molecule has 2 aromatic carbocycles. The zero-order valence-corrected chi connectivity index (χ0v) is 14.4. The second-order valence-electron chi connectivity index (χ2n) is 7.75. The van der Waals surface area contributed by atoms with Gasteiger partial charge in [0.15, 0.2) is 0 Å². The van der Waals surface area contributed by atoms with E-state index >= 15 is 0 Å². The van der Waals surface area contributed by atoms with Crippen LogP contribution in [-0.2, 0) is 10.8 Å². The van der Waals surface area contributed by atoms with Gasteiger partial charge in [-0.3, -0.25) is 0 Å². The molecule has 0 aliphatic heterocycles. The lowest BCUT2D eigenvalue weighted by Gasteiger charge is -2.41. The Bertz CT molecular complexity index is 758. The summed E-state index contributed by atoms with van der Waals surface area (Å²) in [6.45, 7) is 9.32. The number of terminal acetylenes is 1. The van der Waals surface area contributed by atoms with Gasteiger partial charge < -0.3 is 4.74 Å². The van der Waals surface area contributed by atoms with Crippen molar-refractivity contribution in [3.63, 3.8) is 0 Å². The van der Waals surface area contributed by atoms with Crippen LogP contribution < -0.4 is 4.74 Å². The van der Waals surface area contributed by atoms with Crippen molar-refractivity contribution in [1.82, 2.24) is 0 Å². The summed E-state index contributed by atoms with van der Waals surface area (Å²) in [7, 11) is 0. The molecule has 0 fully saturated rings. The first-order chi connectivity index (χ1) is 10.8. The summed E-state index contributed by atoms with van der Waals surface area (Å²) in [6.07, 6.45) is 7.82. The number of ether oxygens (including phenoxy) is 1. The second kappa shape index (κ2) is 5.46. The van der Waals surface area contributed by atoms with Crippen molar-refractivity contribution in [2.24, 2.45) is 0 Å². The van der Waals surface area contributed by atoms with Gasteiger partial charge in [-0.05, 0) is 71.2 Å². The summed E-state index contributed by atoms with van der Waals surface area (Å²) in [4.78, 5) is 0. The molecular weight excluding hydrogens is 280 g/mol. The molecule has 23 heavy (non-hydrogen) atoms. The molecule has 0 unspecified atom stereocenters. The lowest BCUT2D eigenvalue weighted by molar-refractivity contribution is 0.330. The maximum atomic E-state index is 6.04. The first kappa shape index (κ1) is 15.7. The molecule has 3 rings (SSSR count). The van der Waals surface area contributed by atoms with Crippen LogP contribution in [0.4, 0.5) is 0 Å². The Morgan fingerprint density at radius 2 is 1.39 bits per heavy atom. The quantitative estimate of drug-likeness (QED) is 0.636. The van der Waals surface area contributed by atoms with Gasteiger partial charge in [-0.25, -0.2) is 0 Å². The Balaban J connectivity index is 1.95. The van der Waals surface area contributed by atoms with Crippen LogP contribution in [-0.4, -0.2) is 0 Å². The van der Waals surface area contributed by atoms with E-state index in [1.54, 1.807) is 0 Å². The van der Waals surface area contributed by atoms with Gasteiger partial charge in [0.05, 0.1) is 0 Å². The molecule has 0 spiro atoms. The second-order valence-corrected chi connectivity index (χ2v) is 7.75. The molecule has 2 aromatic rings. The molecule has 0 saturated heterocycles. The van der Waals surface area contributed by atoms with E-state index in [1.807, 2.05) is 24.3 Å². The first-order valence-corrected chi connectivity index (χ1v) is 8.21. The minimum absolute atomic E-state index is 0.192. The number of hydrogen-bond donors (Lipinski definition) is 0. The largest absolute Gasteiger partial charge is 0.457 e. The van der Waals surface area contributed by atoms with Crippen LogP contribution >= 0.6 is 0 Å². The Labute approximate surface area is 139 Å². The third kappa shape index (κ3) is 2.99. The number of benzene rings is 2. The highest BCUT2D eigenvalue weighted by atomic mass is 16.5. The van der Waals surface area contributed by atoms with Gasteiger partial charge >= 0.3 is 0 Å². The van der Waals surface area contributed by atoms with Crippen LogP contribution in [0.15, 0.2) is 42.5 Å². The van der Waals surface area contributed by atoms with E-state index in [2.05, 4.69) is 51.8 Å². The third-order valence-electron chi connectivity index (χ3n) is 5.08. The summed E-state index contributed by atoms with van der Waals surface area (Å²) in [5.74, 6) is 4.33. The Hall–Kier alpha value is -2.20. The van der Waals surface area contributed by atoms with Gasteiger partial charge in [0.1, 0.15) is 11.5 Å². The highest BCUT2D eigenvalue weighted by molar-refractivity contribution is 5.47. The maximum absolute atomic E-state index is 6.04. The van der Waals surface area contributed by atoms with Crippen molar-refractivity contribution in [3.8, 4) is 23.8 Å². The molecule has 0 N–H and O–H groups in total. The van der Waals surface area contributed by atoms with Crippen LogP contribution in [0.1, 0.15) is 57.2 Å². The minimum Gasteiger partial charge on any atom is -0.457 e. The number of rotatable bonds is 2. The Kier molecular flexibility index (Phi) is 3.72. The van der Waals surface area contributed by atoms with Crippen molar-refractivity contribution < 1.29 is 4.74 Å². The van der Waals surface area contributed by atoms with E-state index in [4.69, 9.17) is 11.2 Å². The molecule has 0 aromatic heterocycles. The molecular formula is C22H24O. The summed E-state index contributed by atoms with van der Waals surface area (Å²) < 4.78 is 6.04. The molecule has 1 aliphatic rings. The lowest BCUT2D eigenvalue weighted by atomic mass is 9.63. The summed E-state index contributed by atoms with van der Waals surface area (Å²) in [5, 5.41) is 0. The van der Waals surface area contributed by atoms with E-state index in [9.17, 15) is 0 Å². The normalized spacial score (nSPS) is 17.9. The van der Waals surface area contributed by atoms with E-state index in [1.165, 1.54) is 24.0 Å². The topological polar surface area (TPSA) is 9.23 Å². The SMILES string of the molecule is C#Cc1ccc(Oc2ccc3c(c2)C(C)(C)CCC3(C)C)cc1. The predicted molar refractivity (Wildman–Crippen MR) is 96.2 cm³/mol. The molecule has 0 saturated carbocycles. The summed E-state index contributed by atoms with van der Waals surface area (Å²) in [6, 6.07) is 14.2. The molecule has 0 radical (unpaired) electrons. The standard InChI is InChI=1S/C22H24O/c1-6-16-7-9-17(10-8-16)23-18-11-12-19-20(15-18)22(4,5)14-13-21(19,2)3/h1,7-12,15H,13-14H2,2-5H3. The van der Waals surface area contributed by atoms with Gasteiger partial charge in [-0.2, -0.15) is 0 Å². The predicted octanol–water partition coefficient (Wildman–Crippen LogP) is 5.81. The van der Waals surface area contributed by atoms with E-state index < -0.39 is 0 Å². The van der Waals surface area contributed by atoms with Crippen LogP contribution in [0.25, 0.3) is 0 Å². The molecule has 0 atom stereocenters. The molecule has 118 valence electrons. The van der Waals surface area contributed by atoms with Crippen molar-refractivity contribution in [3.05, 3.63) is 59.2 Å². The smallest absolute Gasteiger partial charge is 0.127 e. The average Bonchev–Trinajstić information content (AvgIpc) is 2.53. The van der Waals surface area contributed by atoms with Gasteiger partial charge in [-0.1, -0.05) is 39.7 Å². The Morgan fingerprint density at radius 3 is 2.00 bits per heavy atom. The van der Waals surface area contributed by atoms with Gasteiger partial charge in [0, 0.05) is 5.56 Å². The first-order valence-electron chi connectivity index (χ1n) is 8.21. The van der Waals surface area contributed by atoms with Crippen molar-refractivity contribution in [2.75, 3.05) is 0 Å². The van der Waals surface area contributed by atoms with Crippen LogP contribution in [0, 0.1) is 12.3 Å². The maximum Gasteiger partial charge on any atom is 0.127 e. The van der Waals surface area contributed by atoms with Gasteiger partial charge in [0.2, 0.25) is 0 Å². The van der Waals surface area contributed by atoms with Crippen LogP contribution in [0.2, 0.25) is 0 Å². The van der Waals surface area contributed by atoms with E-state index in [-0.39, 0.29) is 10.8 Å². The molecule has 0 amide bonds. The van der Waals surface area contributed by atoms with E-state index in [0.29, 0.717) is 0 Å². The van der Waals surface area contributed by atoms with Crippen LogP contribution in [0.5, 0.6) is 11.5 Å². The molecule has 1 aliphatic carbocycles.